The van der Waals surface area contributed by atoms with Crippen molar-refractivity contribution in [2.45, 2.75) is 39.0 Å². The fraction of sp³-hybridized carbons (Fsp3) is 0.818. The molecule has 0 atom stereocenters. The van der Waals surface area contributed by atoms with Gasteiger partial charge in [0.1, 0.15) is 0 Å². The first-order valence-corrected chi connectivity index (χ1v) is 5.19. The lowest BCUT2D eigenvalue weighted by Gasteiger charge is -2.10. The van der Waals surface area contributed by atoms with Gasteiger partial charge >= 0.3 is 0 Å². The Labute approximate surface area is 76.5 Å². The molecule has 1 nitrogen and oxygen atoms in total. The average Bonchev–Trinajstić information content (AvgIpc) is 2.27. The van der Waals surface area contributed by atoms with Crippen molar-refractivity contribution in [2.75, 3.05) is 20.1 Å². The molecule has 0 saturated carbocycles. The molecule has 1 heteroatoms. The van der Waals surface area contributed by atoms with Gasteiger partial charge in [-0.25, -0.2) is 0 Å². The zero-order chi connectivity index (χ0) is 8.81. The third-order valence-electron chi connectivity index (χ3n) is 2.57. The molecule has 0 aromatic heterocycles. The van der Waals surface area contributed by atoms with Gasteiger partial charge in [-0.1, -0.05) is 25.0 Å². The van der Waals surface area contributed by atoms with E-state index >= 15 is 0 Å². The topological polar surface area (TPSA) is 3.24 Å². The van der Waals surface area contributed by atoms with E-state index < -0.39 is 0 Å². The molecule has 1 fully saturated rings. The van der Waals surface area contributed by atoms with Crippen LogP contribution in [-0.2, 0) is 0 Å². The Bertz CT molecular complexity index is 149. The van der Waals surface area contributed by atoms with Crippen molar-refractivity contribution >= 4 is 0 Å². The van der Waals surface area contributed by atoms with Crippen molar-refractivity contribution in [3.63, 3.8) is 0 Å². The Kier molecular flexibility index (Phi) is 4.37. The first kappa shape index (κ1) is 9.79. The van der Waals surface area contributed by atoms with Gasteiger partial charge in [-0.15, -0.1) is 0 Å². The molecule has 0 aromatic rings. The standard InChI is InChI=1S/C11H21N/c1-3-4-6-11-7-5-9-12(2)10-8-11/h6H,3-5,7-10H2,1-2H3/b11-6-. The second kappa shape index (κ2) is 5.36. The summed E-state index contributed by atoms with van der Waals surface area (Å²) in [5.41, 5.74) is 1.70. The summed E-state index contributed by atoms with van der Waals surface area (Å²) < 4.78 is 0. The van der Waals surface area contributed by atoms with Gasteiger partial charge < -0.3 is 4.90 Å². The minimum absolute atomic E-state index is 1.26. The minimum Gasteiger partial charge on any atom is -0.306 e. The van der Waals surface area contributed by atoms with E-state index in [4.69, 9.17) is 0 Å². The zero-order valence-electron chi connectivity index (χ0n) is 8.47. The smallest absolute Gasteiger partial charge is 0.00155 e. The van der Waals surface area contributed by atoms with E-state index in [0.717, 1.165) is 0 Å². The van der Waals surface area contributed by atoms with Crippen LogP contribution >= 0.6 is 0 Å². The van der Waals surface area contributed by atoms with Gasteiger partial charge in [-0.2, -0.15) is 0 Å². The quantitative estimate of drug-likeness (QED) is 0.572. The summed E-state index contributed by atoms with van der Waals surface area (Å²) in [5, 5.41) is 0. The van der Waals surface area contributed by atoms with Crippen LogP contribution in [0, 0.1) is 0 Å². The average molecular weight is 167 g/mol. The molecule has 1 heterocycles. The van der Waals surface area contributed by atoms with Gasteiger partial charge in [-0.05, 0) is 39.3 Å². The van der Waals surface area contributed by atoms with Crippen LogP contribution in [0.3, 0.4) is 0 Å². The summed E-state index contributed by atoms with van der Waals surface area (Å²) >= 11 is 0. The third kappa shape index (κ3) is 3.40. The lowest BCUT2D eigenvalue weighted by Crippen LogP contribution is -2.18. The van der Waals surface area contributed by atoms with Gasteiger partial charge in [0, 0.05) is 6.54 Å². The molecule has 0 N–H and O–H groups in total. The fourth-order valence-corrected chi connectivity index (χ4v) is 1.70. The van der Waals surface area contributed by atoms with E-state index in [0.29, 0.717) is 0 Å². The van der Waals surface area contributed by atoms with Crippen LogP contribution in [0.1, 0.15) is 39.0 Å². The largest absolute Gasteiger partial charge is 0.306 e. The minimum atomic E-state index is 1.26. The predicted molar refractivity (Wildman–Crippen MR) is 54.3 cm³/mol. The molecule has 1 aliphatic rings. The number of allylic oxidation sites excluding steroid dienone is 1. The van der Waals surface area contributed by atoms with Crippen LogP contribution in [0.4, 0.5) is 0 Å². The Hall–Kier alpha value is -0.300. The summed E-state index contributed by atoms with van der Waals surface area (Å²) in [7, 11) is 2.22. The van der Waals surface area contributed by atoms with Crippen molar-refractivity contribution < 1.29 is 0 Å². The molecule has 0 unspecified atom stereocenters. The maximum Gasteiger partial charge on any atom is 0.00155 e. The van der Waals surface area contributed by atoms with Gasteiger partial charge in [-0.3, -0.25) is 0 Å². The molecule has 1 saturated heterocycles. The van der Waals surface area contributed by atoms with Gasteiger partial charge in [0.2, 0.25) is 0 Å². The van der Waals surface area contributed by atoms with Gasteiger partial charge in [0.05, 0.1) is 0 Å². The van der Waals surface area contributed by atoms with E-state index in [1.165, 1.54) is 45.2 Å². The molecule has 0 aliphatic carbocycles. The molecule has 70 valence electrons. The van der Waals surface area contributed by atoms with Crippen molar-refractivity contribution in [1.82, 2.24) is 4.90 Å². The Morgan fingerprint density at radius 2 is 2.17 bits per heavy atom. The number of rotatable bonds is 2. The van der Waals surface area contributed by atoms with Crippen LogP contribution in [0.25, 0.3) is 0 Å². The second-order valence-corrected chi connectivity index (χ2v) is 3.81. The molecule has 12 heavy (non-hydrogen) atoms. The van der Waals surface area contributed by atoms with Crippen molar-refractivity contribution in [3.05, 3.63) is 11.6 Å². The summed E-state index contributed by atoms with van der Waals surface area (Å²) in [4.78, 5) is 2.44. The predicted octanol–water partition coefficient (Wildman–Crippen LogP) is 2.83. The lowest BCUT2D eigenvalue weighted by atomic mass is 10.1. The number of likely N-dealkylation sites (tertiary alicyclic amines) is 1. The molecule has 0 spiro atoms. The molecule has 0 aromatic carbocycles. The molecule has 1 rings (SSSR count). The van der Waals surface area contributed by atoms with Gasteiger partial charge in [0.15, 0.2) is 0 Å². The number of nitrogens with zero attached hydrogens (tertiary/aromatic N) is 1. The number of hydrogen-bond acceptors (Lipinski definition) is 1. The van der Waals surface area contributed by atoms with E-state index in [-0.39, 0.29) is 0 Å². The highest BCUT2D eigenvalue weighted by Crippen LogP contribution is 2.16. The SMILES string of the molecule is CCC/C=C1/CCCN(C)CC1. The van der Waals surface area contributed by atoms with Crippen LogP contribution < -0.4 is 0 Å². The van der Waals surface area contributed by atoms with E-state index in [1.807, 2.05) is 0 Å². The summed E-state index contributed by atoms with van der Waals surface area (Å²) in [5.74, 6) is 0. The zero-order valence-corrected chi connectivity index (χ0v) is 8.47. The van der Waals surface area contributed by atoms with Gasteiger partial charge in [0.25, 0.3) is 0 Å². The number of hydrogen-bond donors (Lipinski definition) is 0. The van der Waals surface area contributed by atoms with Crippen LogP contribution in [0.15, 0.2) is 11.6 Å². The van der Waals surface area contributed by atoms with E-state index in [1.54, 1.807) is 5.57 Å². The van der Waals surface area contributed by atoms with Crippen molar-refractivity contribution in [1.29, 1.82) is 0 Å². The molecule has 0 bridgehead atoms. The van der Waals surface area contributed by atoms with Crippen LogP contribution in [0.5, 0.6) is 0 Å². The maximum atomic E-state index is 2.46. The lowest BCUT2D eigenvalue weighted by molar-refractivity contribution is 0.351. The highest BCUT2D eigenvalue weighted by atomic mass is 15.1. The Morgan fingerprint density at radius 3 is 2.92 bits per heavy atom. The monoisotopic (exact) mass is 167 g/mol. The Morgan fingerprint density at radius 1 is 1.33 bits per heavy atom. The fourth-order valence-electron chi connectivity index (χ4n) is 1.70. The molecule has 1 aliphatic heterocycles. The molecule has 0 radical (unpaired) electrons. The molecular formula is C11H21N. The van der Waals surface area contributed by atoms with Crippen molar-refractivity contribution in [3.8, 4) is 0 Å². The highest BCUT2D eigenvalue weighted by Gasteiger charge is 2.06. The summed E-state index contributed by atoms with van der Waals surface area (Å²) in [6.07, 6.45) is 9.02. The summed E-state index contributed by atoms with van der Waals surface area (Å²) in [6.45, 7) is 4.79. The number of unbranched alkanes of at least 4 members (excludes halogenated alkanes) is 1. The third-order valence-corrected chi connectivity index (χ3v) is 2.57. The first-order valence-electron chi connectivity index (χ1n) is 5.19. The first-order chi connectivity index (χ1) is 5.83. The molecule has 0 amide bonds. The van der Waals surface area contributed by atoms with E-state index in [9.17, 15) is 0 Å². The van der Waals surface area contributed by atoms with Crippen LogP contribution in [-0.4, -0.2) is 25.0 Å². The second-order valence-electron chi connectivity index (χ2n) is 3.81. The Balaban J connectivity index is 2.35. The molecular weight excluding hydrogens is 146 g/mol. The highest BCUT2D eigenvalue weighted by molar-refractivity contribution is 5.03. The van der Waals surface area contributed by atoms with E-state index in [2.05, 4.69) is 24.9 Å². The van der Waals surface area contributed by atoms with Crippen LogP contribution in [0.2, 0.25) is 0 Å². The maximum absolute atomic E-state index is 2.46. The normalized spacial score (nSPS) is 24.3. The summed E-state index contributed by atoms with van der Waals surface area (Å²) in [6, 6.07) is 0. The van der Waals surface area contributed by atoms with Crippen molar-refractivity contribution in [2.24, 2.45) is 0 Å².